The van der Waals surface area contributed by atoms with Crippen LogP contribution in [-0.2, 0) is 22.6 Å². The van der Waals surface area contributed by atoms with E-state index < -0.39 is 0 Å². The van der Waals surface area contributed by atoms with Gasteiger partial charge in [0.15, 0.2) is 5.65 Å². The van der Waals surface area contributed by atoms with E-state index in [2.05, 4.69) is 10.6 Å². The fourth-order valence-corrected chi connectivity index (χ4v) is 3.72. The highest BCUT2D eigenvalue weighted by molar-refractivity contribution is 6.01. The lowest BCUT2D eigenvalue weighted by Crippen LogP contribution is -2.23. The highest BCUT2D eigenvalue weighted by Gasteiger charge is 2.20. The number of imidazole rings is 1. The Bertz CT molecular complexity index is 1300. The molecule has 0 radical (unpaired) electrons. The molecular weight excluding hydrogens is 430 g/mol. The number of carbonyl (C=O) groups is 2. The molecule has 34 heavy (non-hydrogen) atoms. The van der Waals surface area contributed by atoms with Gasteiger partial charge in [0.05, 0.1) is 12.2 Å². The Hall–Kier alpha value is -4.17. The minimum atomic E-state index is -0.370. The Morgan fingerprint density at radius 3 is 2.59 bits per heavy atom. The van der Waals surface area contributed by atoms with E-state index in [4.69, 9.17) is 15.5 Å². The van der Waals surface area contributed by atoms with Gasteiger partial charge >= 0.3 is 5.97 Å². The summed E-state index contributed by atoms with van der Waals surface area (Å²) in [6, 6.07) is 20.9. The number of hydrogen-bond acceptors (Lipinski definition) is 6. The number of hydrogen-bond donors (Lipinski definition) is 3. The molecule has 0 bridgehead atoms. The SMILES string of the molecule is CCOC(=O)CNc1c(-c2ccccc2)nc2c(C(=O)NCc3cccc(CN)c3)cccn12. The van der Waals surface area contributed by atoms with Crippen molar-refractivity contribution in [3.05, 3.63) is 89.6 Å². The number of ether oxygens (including phenoxy) is 1. The second-order valence-corrected chi connectivity index (χ2v) is 7.66. The van der Waals surface area contributed by atoms with Crippen molar-refractivity contribution in [2.24, 2.45) is 5.73 Å². The van der Waals surface area contributed by atoms with Crippen molar-refractivity contribution in [1.29, 1.82) is 0 Å². The van der Waals surface area contributed by atoms with Crippen LogP contribution in [0.1, 0.15) is 28.4 Å². The molecule has 2 heterocycles. The first-order valence-electron chi connectivity index (χ1n) is 11.1. The van der Waals surface area contributed by atoms with Gasteiger partial charge in [-0.25, -0.2) is 4.98 Å². The number of nitrogens with one attached hydrogen (secondary N) is 2. The number of benzene rings is 2. The van der Waals surface area contributed by atoms with Gasteiger partial charge in [-0.2, -0.15) is 0 Å². The Morgan fingerprint density at radius 2 is 1.82 bits per heavy atom. The molecule has 0 atom stereocenters. The minimum absolute atomic E-state index is 0.0185. The van der Waals surface area contributed by atoms with Gasteiger partial charge in [-0.1, -0.05) is 54.6 Å². The average molecular weight is 458 g/mol. The van der Waals surface area contributed by atoms with E-state index in [0.717, 1.165) is 16.7 Å². The van der Waals surface area contributed by atoms with Crippen LogP contribution in [0.4, 0.5) is 5.82 Å². The molecule has 0 spiro atoms. The summed E-state index contributed by atoms with van der Waals surface area (Å²) in [6.45, 7) is 2.86. The number of amides is 1. The summed E-state index contributed by atoms with van der Waals surface area (Å²) in [6.07, 6.45) is 1.81. The first kappa shape index (κ1) is 23.0. The summed E-state index contributed by atoms with van der Waals surface area (Å²) < 4.78 is 6.83. The molecule has 0 fully saturated rings. The zero-order chi connectivity index (χ0) is 23.9. The number of anilines is 1. The normalized spacial score (nSPS) is 10.8. The number of aromatic nitrogens is 2. The topological polar surface area (TPSA) is 111 Å². The van der Waals surface area contributed by atoms with Crippen LogP contribution in [0.3, 0.4) is 0 Å². The van der Waals surface area contributed by atoms with Gasteiger partial charge in [-0.15, -0.1) is 0 Å². The first-order valence-corrected chi connectivity index (χ1v) is 11.1. The van der Waals surface area contributed by atoms with E-state index in [1.54, 1.807) is 23.5 Å². The molecule has 174 valence electrons. The number of nitrogens with two attached hydrogens (primary N) is 1. The molecule has 8 nitrogen and oxygen atoms in total. The lowest BCUT2D eigenvalue weighted by molar-refractivity contribution is -0.140. The van der Waals surface area contributed by atoms with Gasteiger partial charge in [-0.3, -0.25) is 14.0 Å². The van der Waals surface area contributed by atoms with Gasteiger partial charge in [0.2, 0.25) is 0 Å². The molecule has 0 aliphatic heterocycles. The van der Waals surface area contributed by atoms with E-state index in [0.29, 0.717) is 42.4 Å². The second kappa shape index (κ2) is 10.6. The average Bonchev–Trinajstić information content (AvgIpc) is 3.25. The van der Waals surface area contributed by atoms with Crippen molar-refractivity contribution in [2.75, 3.05) is 18.5 Å². The molecule has 8 heteroatoms. The second-order valence-electron chi connectivity index (χ2n) is 7.66. The Kier molecular flexibility index (Phi) is 7.19. The van der Waals surface area contributed by atoms with E-state index in [1.807, 2.05) is 60.8 Å². The van der Waals surface area contributed by atoms with E-state index >= 15 is 0 Å². The van der Waals surface area contributed by atoms with Crippen LogP contribution in [-0.4, -0.2) is 34.4 Å². The zero-order valence-electron chi connectivity index (χ0n) is 19.0. The van der Waals surface area contributed by atoms with Crippen LogP contribution >= 0.6 is 0 Å². The minimum Gasteiger partial charge on any atom is -0.465 e. The number of pyridine rings is 1. The summed E-state index contributed by atoms with van der Waals surface area (Å²) in [5.41, 5.74) is 10.1. The fourth-order valence-electron chi connectivity index (χ4n) is 3.72. The highest BCUT2D eigenvalue weighted by atomic mass is 16.5. The molecule has 4 N–H and O–H groups in total. The lowest BCUT2D eigenvalue weighted by atomic mass is 10.1. The summed E-state index contributed by atoms with van der Waals surface area (Å²) in [5, 5.41) is 6.10. The Labute approximate surface area is 197 Å². The van der Waals surface area contributed by atoms with E-state index in [-0.39, 0.29) is 18.4 Å². The predicted octanol–water partition coefficient (Wildman–Crippen LogP) is 3.37. The molecule has 4 rings (SSSR count). The van der Waals surface area contributed by atoms with Crippen molar-refractivity contribution in [1.82, 2.24) is 14.7 Å². The van der Waals surface area contributed by atoms with Gasteiger partial charge in [0.1, 0.15) is 18.1 Å². The molecule has 2 aromatic carbocycles. The molecule has 0 unspecified atom stereocenters. The predicted molar refractivity (Wildman–Crippen MR) is 131 cm³/mol. The fraction of sp³-hybridized carbons (Fsp3) is 0.192. The summed E-state index contributed by atoms with van der Waals surface area (Å²) >= 11 is 0. The summed E-state index contributed by atoms with van der Waals surface area (Å²) in [7, 11) is 0. The van der Waals surface area contributed by atoms with Gasteiger partial charge in [0.25, 0.3) is 5.91 Å². The monoisotopic (exact) mass is 457 g/mol. The smallest absolute Gasteiger partial charge is 0.325 e. The molecule has 0 saturated carbocycles. The number of fused-ring (bicyclic) bond motifs is 1. The zero-order valence-corrected chi connectivity index (χ0v) is 19.0. The summed E-state index contributed by atoms with van der Waals surface area (Å²) in [4.78, 5) is 29.9. The van der Waals surface area contributed by atoms with Crippen molar-refractivity contribution >= 4 is 23.3 Å². The Morgan fingerprint density at radius 1 is 1.03 bits per heavy atom. The standard InChI is InChI=1S/C26H27N5O3/c1-2-34-22(32)17-28-25-23(20-10-4-3-5-11-20)30-24-21(12-7-13-31(24)25)26(33)29-16-19-9-6-8-18(14-19)15-27/h3-14,28H,2,15-17,27H2,1H3,(H,29,33). The number of rotatable bonds is 9. The molecule has 1 amide bonds. The lowest BCUT2D eigenvalue weighted by Gasteiger charge is -2.10. The van der Waals surface area contributed by atoms with Gasteiger partial charge < -0.3 is 21.1 Å². The molecule has 4 aromatic rings. The third-order valence-electron chi connectivity index (χ3n) is 5.33. The maximum atomic E-state index is 13.1. The number of carbonyl (C=O) groups excluding carboxylic acids is 2. The van der Waals surface area contributed by atoms with E-state index in [1.165, 1.54) is 0 Å². The molecule has 0 saturated heterocycles. The third kappa shape index (κ3) is 5.07. The summed E-state index contributed by atoms with van der Waals surface area (Å²) in [5.74, 6) is -0.00470. The van der Waals surface area contributed by atoms with Crippen LogP contribution < -0.4 is 16.4 Å². The maximum absolute atomic E-state index is 13.1. The van der Waals surface area contributed by atoms with Crippen molar-refractivity contribution < 1.29 is 14.3 Å². The molecule has 2 aromatic heterocycles. The number of esters is 1. The van der Waals surface area contributed by atoms with Crippen molar-refractivity contribution in [3.63, 3.8) is 0 Å². The van der Waals surface area contributed by atoms with Crippen LogP contribution in [0.5, 0.6) is 0 Å². The number of nitrogens with zero attached hydrogens (tertiary/aromatic N) is 2. The van der Waals surface area contributed by atoms with Crippen molar-refractivity contribution in [3.8, 4) is 11.3 Å². The molecular formula is C26H27N5O3. The van der Waals surface area contributed by atoms with Gasteiger partial charge in [0, 0.05) is 24.8 Å². The van der Waals surface area contributed by atoms with Crippen LogP contribution in [0.2, 0.25) is 0 Å². The maximum Gasteiger partial charge on any atom is 0.325 e. The van der Waals surface area contributed by atoms with Crippen molar-refractivity contribution in [2.45, 2.75) is 20.0 Å². The van der Waals surface area contributed by atoms with Crippen LogP contribution in [0.25, 0.3) is 16.9 Å². The van der Waals surface area contributed by atoms with Crippen LogP contribution in [0, 0.1) is 0 Å². The Balaban J connectivity index is 1.66. The first-order chi connectivity index (χ1) is 16.6. The largest absolute Gasteiger partial charge is 0.465 e. The van der Waals surface area contributed by atoms with Crippen LogP contribution in [0.15, 0.2) is 72.9 Å². The molecule has 0 aliphatic rings. The molecule has 0 aliphatic carbocycles. The third-order valence-corrected chi connectivity index (χ3v) is 5.33. The van der Waals surface area contributed by atoms with Gasteiger partial charge in [-0.05, 0) is 30.2 Å². The highest BCUT2D eigenvalue weighted by Crippen LogP contribution is 2.30. The quantitative estimate of drug-likeness (QED) is 0.333. The van der Waals surface area contributed by atoms with E-state index in [9.17, 15) is 9.59 Å².